The molecular weight excluding hydrogens is 282 g/mol. The van der Waals surface area contributed by atoms with Crippen molar-refractivity contribution in [2.24, 2.45) is 5.92 Å². The molecule has 2 rings (SSSR count). The minimum atomic E-state index is -0.358. The Balaban J connectivity index is 2.07. The van der Waals surface area contributed by atoms with E-state index in [4.69, 9.17) is 9.47 Å². The summed E-state index contributed by atoms with van der Waals surface area (Å²) >= 11 is 0. The molecule has 0 saturated carbocycles. The van der Waals surface area contributed by atoms with Gasteiger partial charge in [0.25, 0.3) is 0 Å². The third kappa shape index (κ3) is 4.56. The van der Waals surface area contributed by atoms with E-state index in [2.05, 4.69) is 5.32 Å². The van der Waals surface area contributed by atoms with Crippen LogP contribution in [0.2, 0.25) is 0 Å². The predicted octanol–water partition coefficient (Wildman–Crippen LogP) is 2.14. The van der Waals surface area contributed by atoms with Gasteiger partial charge in [-0.15, -0.1) is 0 Å². The van der Waals surface area contributed by atoms with Crippen LogP contribution in [-0.2, 0) is 19.1 Å². The Hall–Kier alpha value is -1.88. The van der Waals surface area contributed by atoms with Gasteiger partial charge in [0, 0.05) is 19.1 Å². The van der Waals surface area contributed by atoms with Crippen molar-refractivity contribution >= 4 is 11.9 Å². The molecule has 1 aromatic carbocycles. The Morgan fingerprint density at radius 2 is 1.91 bits per heavy atom. The molecule has 1 aliphatic rings. The molecule has 5 nitrogen and oxygen atoms in total. The van der Waals surface area contributed by atoms with Gasteiger partial charge in [0.1, 0.15) is 0 Å². The predicted molar refractivity (Wildman–Crippen MR) is 82.2 cm³/mol. The highest BCUT2D eigenvalue weighted by atomic mass is 16.5. The van der Waals surface area contributed by atoms with Gasteiger partial charge in [-0.05, 0) is 25.3 Å². The molecule has 0 radical (unpaired) electrons. The fourth-order valence-corrected chi connectivity index (χ4v) is 2.55. The molecule has 1 amide bonds. The number of ether oxygens (including phenoxy) is 2. The van der Waals surface area contributed by atoms with Crippen molar-refractivity contribution in [1.29, 1.82) is 0 Å². The molecule has 0 aliphatic carbocycles. The van der Waals surface area contributed by atoms with Crippen molar-refractivity contribution in [3.05, 3.63) is 35.4 Å². The number of methoxy groups -OCH3 is 1. The molecular formula is C17H23NO4. The van der Waals surface area contributed by atoms with Crippen LogP contribution in [0.5, 0.6) is 0 Å². The summed E-state index contributed by atoms with van der Waals surface area (Å²) in [5.41, 5.74) is 2.05. The number of rotatable bonds is 5. The van der Waals surface area contributed by atoms with Crippen LogP contribution >= 0.6 is 0 Å². The van der Waals surface area contributed by atoms with E-state index < -0.39 is 0 Å². The van der Waals surface area contributed by atoms with Crippen molar-refractivity contribution in [3.63, 3.8) is 0 Å². The largest absolute Gasteiger partial charge is 0.469 e. The maximum Gasteiger partial charge on any atom is 0.307 e. The van der Waals surface area contributed by atoms with Crippen LogP contribution < -0.4 is 5.32 Å². The second-order valence-corrected chi connectivity index (χ2v) is 5.64. The SMILES string of the molecule is COC(=O)C[C@@H](NC(=O)C1CCOCC1)c1ccc(C)cc1. The average molecular weight is 305 g/mol. The van der Waals surface area contributed by atoms with Crippen LogP contribution in [0.15, 0.2) is 24.3 Å². The molecule has 1 aliphatic heterocycles. The van der Waals surface area contributed by atoms with Gasteiger partial charge in [0.2, 0.25) is 5.91 Å². The zero-order valence-electron chi connectivity index (χ0n) is 13.1. The standard InChI is InChI=1S/C17H23NO4/c1-12-3-5-13(6-4-12)15(11-16(19)21-2)18-17(20)14-7-9-22-10-8-14/h3-6,14-15H,7-11H2,1-2H3,(H,18,20)/t15-/m1/s1. The summed E-state index contributed by atoms with van der Waals surface area (Å²) in [7, 11) is 1.36. The van der Waals surface area contributed by atoms with Crippen LogP contribution in [0, 0.1) is 12.8 Å². The van der Waals surface area contributed by atoms with E-state index in [0.29, 0.717) is 13.2 Å². The van der Waals surface area contributed by atoms with E-state index in [9.17, 15) is 9.59 Å². The lowest BCUT2D eigenvalue weighted by Crippen LogP contribution is -2.37. The highest BCUT2D eigenvalue weighted by Crippen LogP contribution is 2.21. The Morgan fingerprint density at radius 1 is 1.27 bits per heavy atom. The van der Waals surface area contributed by atoms with Crippen molar-refractivity contribution in [3.8, 4) is 0 Å². The molecule has 5 heteroatoms. The summed E-state index contributed by atoms with van der Waals surface area (Å²) in [6, 6.07) is 7.46. The van der Waals surface area contributed by atoms with E-state index in [1.807, 2.05) is 31.2 Å². The zero-order chi connectivity index (χ0) is 15.9. The van der Waals surface area contributed by atoms with Crippen LogP contribution in [-0.4, -0.2) is 32.2 Å². The highest BCUT2D eigenvalue weighted by Gasteiger charge is 2.25. The fraction of sp³-hybridized carbons (Fsp3) is 0.529. The van der Waals surface area contributed by atoms with Crippen LogP contribution in [0.3, 0.4) is 0 Å². The van der Waals surface area contributed by atoms with E-state index >= 15 is 0 Å². The van der Waals surface area contributed by atoms with Gasteiger partial charge in [-0.1, -0.05) is 29.8 Å². The molecule has 120 valence electrons. The molecule has 0 spiro atoms. The van der Waals surface area contributed by atoms with Crippen molar-refractivity contribution < 1.29 is 19.1 Å². The zero-order valence-corrected chi connectivity index (χ0v) is 13.1. The molecule has 0 bridgehead atoms. The van der Waals surface area contributed by atoms with E-state index in [-0.39, 0.29) is 30.3 Å². The van der Waals surface area contributed by atoms with Gasteiger partial charge in [-0.2, -0.15) is 0 Å². The topological polar surface area (TPSA) is 64.6 Å². The van der Waals surface area contributed by atoms with Crippen LogP contribution in [0.1, 0.15) is 36.4 Å². The number of esters is 1. The summed E-state index contributed by atoms with van der Waals surface area (Å²) < 4.78 is 10.0. The minimum absolute atomic E-state index is 0.0159. The smallest absolute Gasteiger partial charge is 0.307 e. The third-order valence-electron chi connectivity index (χ3n) is 3.99. The average Bonchev–Trinajstić information content (AvgIpc) is 2.55. The summed E-state index contributed by atoms with van der Waals surface area (Å²) in [5.74, 6) is -0.394. The number of carbonyl (C=O) groups is 2. The lowest BCUT2D eigenvalue weighted by Gasteiger charge is -2.25. The second-order valence-electron chi connectivity index (χ2n) is 5.64. The first-order chi connectivity index (χ1) is 10.6. The molecule has 22 heavy (non-hydrogen) atoms. The number of carbonyl (C=O) groups excluding carboxylic acids is 2. The van der Waals surface area contributed by atoms with Crippen molar-refractivity contribution in [1.82, 2.24) is 5.32 Å². The number of amides is 1. The second kappa shape index (κ2) is 7.94. The maximum atomic E-state index is 12.4. The Kier molecular flexibility index (Phi) is 5.95. The Labute approximate surface area is 131 Å². The summed E-state index contributed by atoms with van der Waals surface area (Å²) in [5, 5.41) is 2.99. The van der Waals surface area contributed by atoms with Gasteiger partial charge in [0.05, 0.1) is 19.6 Å². The molecule has 1 atom stereocenters. The van der Waals surface area contributed by atoms with Gasteiger partial charge in [0.15, 0.2) is 0 Å². The number of hydrogen-bond acceptors (Lipinski definition) is 4. The molecule has 1 fully saturated rings. The minimum Gasteiger partial charge on any atom is -0.469 e. The first-order valence-electron chi connectivity index (χ1n) is 7.61. The number of benzene rings is 1. The quantitative estimate of drug-likeness (QED) is 0.847. The monoisotopic (exact) mass is 305 g/mol. The van der Waals surface area contributed by atoms with Gasteiger partial charge < -0.3 is 14.8 Å². The lowest BCUT2D eigenvalue weighted by atomic mass is 9.97. The van der Waals surface area contributed by atoms with Gasteiger partial charge in [-0.3, -0.25) is 9.59 Å². The lowest BCUT2D eigenvalue weighted by molar-refractivity contribution is -0.141. The Morgan fingerprint density at radius 3 is 2.50 bits per heavy atom. The van der Waals surface area contributed by atoms with Crippen molar-refractivity contribution in [2.75, 3.05) is 20.3 Å². The maximum absolute atomic E-state index is 12.4. The number of aryl methyl sites for hydroxylation is 1. The summed E-state index contributed by atoms with van der Waals surface area (Å²) in [4.78, 5) is 24.0. The summed E-state index contributed by atoms with van der Waals surface area (Å²) in [6.45, 7) is 3.23. The fourth-order valence-electron chi connectivity index (χ4n) is 2.55. The molecule has 1 heterocycles. The van der Waals surface area contributed by atoms with E-state index in [0.717, 1.165) is 24.0 Å². The molecule has 1 aromatic rings. The molecule has 1 saturated heterocycles. The van der Waals surface area contributed by atoms with Crippen LogP contribution in [0.4, 0.5) is 0 Å². The van der Waals surface area contributed by atoms with E-state index in [1.54, 1.807) is 0 Å². The van der Waals surface area contributed by atoms with Gasteiger partial charge >= 0.3 is 5.97 Å². The first kappa shape index (κ1) is 16.5. The summed E-state index contributed by atoms with van der Waals surface area (Å²) in [6.07, 6.45) is 1.59. The molecule has 0 aromatic heterocycles. The number of hydrogen-bond donors (Lipinski definition) is 1. The van der Waals surface area contributed by atoms with E-state index in [1.165, 1.54) is 7.11 Å². The van der Waals surface area contributed by atoms with Gasteiger partial charge in [-0.25, -0.2) is 0 Å². The highest BCUT2D eigenvalue weighted by molar-refractivity contribution is 5.80. The normalized spacial score (nSPS) is 16.8. The first-order valence-corrected chi connectivity index (χ1v) is 7.61. The molecule has 0 unspecified atom stereocenters. The number of nitrogens with one attached hydrogen (secondary N) is 1. The Bertz CT molecular complexity index is 506. The molecule has 1 N–H and O–H groups in total. The third-order valence-corrected chi connectivity index (χ3v) is 3.99. The van der Waals surface area contributed by atoms with Crippen LogP contribution in [0.25, 0.3) is 0 Å². The van der Waals surface area contributed by atoms with Crippen molar-refractivity contribution in [2.45, 2.75) is 32.2 Å².